The Morgan fingerprint density at radius 2 is 2.21 bits per heavy atom. The topological polar surface area (TPSA) is 50.4 Å². The van der Waals surface area contributed by atoms with Crippen LogP contribution in [-0.4, -0.2) is 31.7 Å². The molecule has 0 aliphatic carbocycles. The maximum Gasteiger partial charge on any atom is 0.227 e. The van der Waals surface area contributed by atoms with E-state index in [0.29, 0.717) is 6.61 Å². The molecule has 0 aromatic heterocycles. The number of anilines is 1. The third-order valence-corrected chi connectivity index (χ3v) is 3.91. The van der Waals surface area contributed by atoms with Crippen LogP contribution >= 0.6 is 0 Å². The van der Waals surface area contributed by atoms with Crippen LogP contribution in [0.3, 0.4) is 0 Å². The Morgan fingerprint density at radius 1 is 1.32 bits per heavy atom. The first-order valence-corrected chi connectivity index (χ1v) is 7.05. The molecule has 3 rings (SSSR count). The highest BCUT2D eigenvalue weighted by Crippen LogP contribution is 2.31. The monoisotopic (exact) mass is 260 g/mol. The van der Waals surface area contributed by atoms with E-state index in [1.807, 2.05) is 24.3 Å². The summed E-state index contributed by atoms with van der Waals surface area (Å²) >= 11 is 0. The van der Waals surface area contributed by atoms with Crippen molar-refractivity contribution in [3.63, 3.8) is 0 Å². The van der Waals surface area contributed by atoms with Crippen molar-refractivity contribution in [1.82, 2.24) is 5.32 Å². The van der Waals surface area contributed by atoms with E-state index in [1.54, 1.807) is 0 Å². The molecule has 2 aliphatic heterocycles. The number of fused-ring (bicyclic) bond motifs is 1. The van der Waals surface area contributed by atoms with Crippen LogP contribution in [0, 0.1) is 0 Å². The van der Waals surface area contributed by atoms with Gasteiger partial charge >= 0.3 is 0 Å². The van der Waals surface area contributed by atoms with Crippen LogP contribution in [-0.2, 0) is 9.53 Å². The Morgan fingerprint density at radius 3 is 3.05 bits per heavy atom. The molecule has 19 heavy (non-hydrogen) atoms. The van der Waals surface area contributed by atoms with Gasteiger partial charge in [0, 0.05) is 18.8 Å². The zero-order chi connectivity index (χ0) is 13.1. The number of carbonyl (C=O) groups is 1. The van der Waals surface area contributed by atoms with Gasteiger partial charge in [0.15, 0.2) is 0 Å². The van der Waals surface area contributed by atoms with E-state index in [-0.39, 0.29) is 17.9 Å². The largest absolute Gasteiger partial charge is 0.385 e. The second kappa shape index (κ2) is 5.61. The van der Waals surface area contributed by atoms with Gasteiger partial charge in [-0.15, -0.1) is 0 Å². The summed E-state index contributed by atoms with van der Waals surface area (Å²) in [4.78, 5) is 12.4. The quantitative estimate of drug-likeness (QED) is 0.853. The summed E-state index contributed by atoms with van der Waals surface area (Å²) in [5, 5.41) is 6.48. The second-order valence-corrected chi connectivity index (χ2v) is 5.28. The number of benzene rings is 1. The van der Waals surface area contributed by atoms with Gasteiger partial charge in [-0.2, -0.15) is 0 Å². The molecule has 2 unspecified atom stereocenters. The summed E-state index contributed by atoms with van der Waals surface area (Å²) in [6.45, 7) is 2.33. The van der Waals surface area contributed by atoms with Gasteiger partial charge in [0.05, 0.1) is 18.6 Å². The maximum absolute atomic E-state index is 12.4. The third-order valence-electron chi connectivity index (χ3n) is 3.91. The summed E-state index contributed by atoms with van der Waals surface area (Å²) in [7, 11) is 0. The summed E-state index contributed by atoms with van der Waals surface area (Å²) in [5.41, 5.74) is 2.21. The van der Waals surface area contributed by atoms with Crippen LogP contribution in [0.1, 0.15) is 30.7 Å². The van der Waals surface area contributed by atoms with Gasteiger partial charge < -0.3 is 15.4 Å². The van der Waals surface area contributed by atoms with E-state index in [1.165, 1.54) is 0 Å². The molecule has 2 aliphatic rings. The molecule has 0 spiro atoms. The number of amides is 1. The van der Waals surface area contributed by atoms with Gasteiger partial charge in [-0.3, -0.25) is 4.79 Å². The van der Waals surface area contributed by atoms with Crippen molar-refractivity contribution in [1.29, 1.82) is 0 Å². The number of para-hydroxylation sites is 1. The van der Waals surface area contributed by atoms with Gasteiger partial charge in [-0.05, 0) is 30.9 Å². The number of hydrogen-bond donors (Lipinski definition) is 2. The van der Waals surface area contributed by atoms with E-state index in [9.17, 15) is 4.79 Å². The number of hydrogen-bond acceptors (Lipinski definition) is 3. The molecule has 4 nitrogen and oxygen atoms in total. The number of nitrogens with one attached hydrogen (secondary N) is 2. The van der Waals surface area contributed by atoms with Crippen molar-refractivity contribution < 1.29 is 9.53 Å². The van der Waals surface area contributed by atoms with Gasteiger partial charge in [0.1, 0.15) is 0 Å². The highest BCUT2D eigenvalue weighted by atomic mass is 16.5. The molecule has 2 heterocycles. The lowest BCUT2D eigenvalue weighted by Gasteiger charge is -2.29. The van der Waals surface area contributed by atoms with Gasteiger partial charge in [0.2, 0.25) is 5.91 Å². The van der Waals surface area contributed by atoms with Crippen molar-refractivity contribution in [2.75, 3.05) is 25.1 Å². The van der Waals surface area contributed by atoms with E-state index < -0.39 is 0 Å². The molecule has 4 heteroatoms. The van der Waals surface area contributed by atoms with Gasteiger partial charge in [-0.25, -0.2) is 0 Å². The molecule has 0 saturated carbocycles. The molecule has 102 valence electrons. The fraction of sp³-hybridized carbons (Fsp3) is 0.533. The molecule has 2 N–H and O–H groups in total. The lowest BCUT2D eigenvalue weighted by atomic mass is 9.90. The Balaban J connectivity index is 1.70. The van der Waals surface area contributed by atoms with Crippen molar-refractivity contribution >= 4 is 11.6 Å². The first-order chi connectivity index (χ1) is 9.34. The minimum absolute atomic E-state index is 0.0284. The van der Waals surface area contributed by atoms with Crippen LogP contribution in [0.15, 0.2) is 24.3 Å². The molecule has 0 radical (unpaired) electrons. The van der Waals surface area contributed by atoms with E-state index in [4.69, 9.17) is 4.74 Å². The first kappa shape index (κ1) is 12.5. The van der Waals surface area contributed by atoms with E-state index >= 15 is 0 Å². The molecule has 1 amide bonds. The third kappa shape index (κ3) is 2.73. The average molecular weight is 260 g/mol. The van der Waals surface area contributed by atoms with Crippen molar-refractivity contribution in [2.45, 2.75) is 31.2 Å². The SMILES string of the molecule is O=C(NC1CCCOC1)C1CCNc2ccccc21. The van der Waals surface area contributed by atoms with Crippen molar-refractivity contribution in [3.8, 4) is 0 Å². The molecule has 2 atom stereocenters. The van der Waals surface area contributed by atoms with E-state index in [0.717, 1.165) is 43.7 Å². The van der Waals surface area contributed by atoms with Crippen molar-refractivity contribution in [3.05, 3.63) is 29.8 Å². The zero-order valence-corrected chi connectivity index (χ0v) is 11.0. The minimum atomic E-state index is -0.0284. The summed E-state index contributed by atoms with van der Waals surface area (Å²) in [6, 6.07) is 8.27. The van der Waals surface area contributed by atoms with Crippen LogP contribution < -0.4 is 10.6 Å². The predicted octanol–water partition coefficient (Wildman–Crippen LogP) is 1.88. The smallest absolute Gasteiger partial charge is 0.227 e. The first-order valence-electron chi connectivity index (χ1n) is 7.05. The molecule has 1 aromatic rings. The Bertz CT molecular complexity index is 455. The average Bonchev–Trinajstić information content (AvgIpc) is 2.47. The highest BCUT2D eigenvalue weighted by molar-refractivity contribution is 5.86. The summed E-state index contributed by atoms with van der Waals surface area (Å²) in [5.74, 6) is 0.115. The summed E-state index contributed by atoms with van der Waals surface area (Å²) < 4.78 is 5.41. The molecular formula is C15H20N2O2. The Kier molecular flexibility index (Phi) is 3.69. The van der Waals surface area contributed by atoms with Crippen LogP contribution in [0.2, 0.25) is 0 Å². The molecule has 1 aromatic carbocycles. The van der Waals surface area contributed by atoms with Gasteiger partial charge in [0.25, 0.3) is 0 Å². The molecule has 1 saturated heterocycles. The van der Waals surface area contributed by atoms with Gasteiger partial charge in [-0.1, -0.05) is 18.2 Å². The lowest BCUT2D eigenvalue weighted by molar-refractivity contribution is -0.124. The normalized spacial score (nSPS) is 26.1. The minimum Gasteiger partial charge on any atom is -0.385 e. The standard InChI is InChI=1S/C15H20N2O2/c18-15(17-11-4-3-9-19-10-11)13-7-8-16-14-6-2-1-5-12(13)14/h1-2,5-6,11,13,16H,3-4,7-10H2,(H,17,18). The number of ether oxygens (including phenoxy) is 1. The predicted molar refractivity (Wildman–Crippen MR) is 74.3 cm³/mol. The highest BCUT2D eigenvalue weighted by Gasteiger charge is 2.28. The van der Waals surface area contributed by atoms with Crippen LogP contribution in [0.25, 0.3) is 0 Å². The molecular weight excluding hydrogens is 240 g/mol. The lowest BCUT2D eigenvalue weighted by Crippen LogP contribution is -2.43. The fourth-order valence-corrected chi connectivity index (χ4v) is 2.90. The van der Waals surface area contributed by atoms with Crippen LogP contribution in [0.5, 0.6) is 0 Å². The Labute approximate surface area is 113 Å². The molecule has 1 fully saturated rings. The molecule has 0 bridgehead atoms. The number of rotatable bonds is 2. The Hall–Kier alpha value is -1.55. The zero-order valence-electron chi connectivity index (χ0n) is 11.0. The maximum atomic E-state index is 12.4. The fourth-order valence-electron chi connectivity index (χ4n) is 2.90. The second-order valence-electron chi connectivity index (χ2n) is 5.28. The van der Waals surface area contributed by atoms with Crippen LogP contribution in [0.4, 0.5) is 5.69 Å². The van der Waals surface area contributed by atoms with E-state index in [2.05, 4.69) is 10.6 Å². The number of carbonyl (C=O) groups excluding carboxylic acids is 1. The van der Waals surface area contributed by atoms with Crippen molar-refractivity contribution in [2.24, 2.45) is 0 Å². The summed E-state index contributed by atoms with van der Waals surface area (Å²) in [6.07, 6.45) is 2.92.